The predicted molar refractivity (Wildman–Crippen MR) is 62.5 cm³/mol. The third kappa shape index (κ3) is 2.70. The van der Waals surface area contributed by atoms with E-state index in [1.165, 1.54) is 18.3 Å². The molecule has 0 spiro atoms. The zero-order valence-corrected chi connectivity index (χ0v) is 9.42. The van der Waals surface area contributed by atoms with E-state index in [4.69, 9.17) is 10.5 Å². The SMILES string of the molecule is N#CC(=CNc1ccc(F)c(C#N)c1)c1nn[nH]n1. The molecule has 19 heavy (non-hydrogen) atoms. The van der Waals surface area contributed by atoms with Crippen molar-refractivity contribution in [3.8, 4) is 12.1 Å². The summed E-state index contributed by atoms with van der Waals surface area (Å²) in [4.78, 5) is 0. The second-order valence-corrected chi connectivity index (χ2v) is 3.36. The number of rotatable bonds is 3. The Morgan fingerprint density at radius 1 is 1.42 bits per heavy atom. The number of hydrogen-bond acceptors (Lipinski definition) is 6. The lowest BCUT2D eigenvalue weighted by Gasteiger charge is -2.02. The van der Waals surface area contributed by atoms with E-state index in [2.05, 4.69) is 25.9 Å². The smallest absolute Gasteiger partial charge is 0.216 e. The first-order valence-electron chi connectivity index (χ1n) is 5.05. The first-order chi connectivity index (χ1) is 9.24. The van der Waals surface area contributed by atoms with Gasteiger partial charge in [0.25, 0.3) is 0 Å². The molecule has 1 aromatic carbocycles. The van der Waals surface area contributed by atoms with Crippen LogP contribution in [0.4, 0.5) is 10.1 Å². The van der Waals surface area contributed by atoms with Crippen molar-refractivity contribution in [2.45, 2.75) is 0 Å². The molecule has 0 saturated heterocycles. The zero-order chi connectivity index (χ0) is 13.7. The number of halogens is 1. The van der Waals surface area contributed by atoms with Gasteiger partial charge in [0.15, 0.2) is 0 Å². The summed E-state index contributed by atoms with van der Waals surface area (Å²) in [5.74, 6) is -0.465. The Morgan fingerprint density at radius 2 is 2.26 bits per heavy atom. The van der Waals surface area contributed by atoms with Gasteiger partial charge in [0, 0.05) is 11.9 Å². The normalized spacial score (nSPS) is 10.6. The number of nitrogens with zero attached hydrogens (tertiary/aromatic N) is 5. The maximum atomic E-state index is 13.1. The van der Waals surface area contributed by atoms with Crippen molar-refractivity contribution in [1.29, 1.82) is 10.5 Å². The van der Waals surface area contributed by atoms with Crippen molar-refractivity contribution in [3.05, 3.63) is 41.6 Å². The largest absolute Gasteiger partial charge is 0.360 e. The molecule has 0 aliphatic carbocycles. The van der Waals surface area contributed by atoms with Crippen LogP contribution in [0.3, 0.4) is 0 Å². The highest BCUT2D eigenvalue weighted by Gasteiger charge is 2.06. The van der Waals surface area contributed by atoms with E-state index in [9.17, 15) is 4.39 Å². The molecule has 1 heterocycles. The van der Waals surface area contributed by atoms with Crippen molar-refractivity contribution in [3.63, 3.8) is 0 Å². The van der Waals surface area contributed by atoms with E-state index in [1.54, 1.807) is 6.07 Å². The van der Waals surface area contributed by atoms with E-state index in [0.717, 1.165) is 6.07 Å². The fourth-order valence-electron chi connectivity index (χ4n) is 1.28. The van der Waals surface area contributed by atoms with Crippen molar-refractivity contribution in [2.75, 3.05) is 5.32 Å². The Morgan fingerprint density at radius 3 is 2.89 bits per heavy atom. The molecule has 2 N–H and O–H groups in total. The molecule has 1 aromatic heterocycles. The van der Waals surface area contributed by atoms with Gasteiger partial charge in [-0.2, -0.15) is 15.7 Å². The molecule has 0 atom stereocenters. The molecule has 0 saturated carbocycles. The van der Waals surface area contributed by atoms with E-state index in [0.29, 0.717) is 5.69 Å². The van der Waals surface area contributed by atoms with Crippen LogP contribution in [0.1, 0.15) is 11.4 Å². The van der Waals surface area contributed by atoms with Gasteiger partial charge in [0.2, 0.25) is 5.82 Å². The lowest BCUT2D eigenvalue weighted by molar-refractivity contribution is 0.624. The van der Waals surface area contributed by atoms with Gasteiger partial charge in [-0.15, -0.1) is 10.2 Å². The molecular weight excluding hydrogens is 249 g/mol. The maximum absolute atomic E-state index is 13.1. The van der Waals surface area contributed by atoms with E-state index < -0.39 is 5.82 Å². The Kier molecular flexibility index (Phi) is 3.46. The van der Waals surface area contributed by atoms with Gasteiger partial charge in [-0.3, -0.25) is 0 Å². The van der Waals surface area contributed by atoms with Crippen LogP contribution in [-0.2, 0) is 0 Å². The number of nitriles is 2. The molecular formula is C11H6FN7. The van der Waals surface area contributed by atoms with Gasteiger partial charge < -0.3 is 5.32 Å². The lowest BCUT2D eigenvalue weighted by Crippen LogP contribution is -1.94. The van der Waals surface area contributed by atoms with E-state index in [-0.39, 0.29) is 17.0 Å². The monoisotopic (exact) mass is 255 g/mol. The fraction of sp³-hybridized carbons (Fsp3) is 0. The average Bonchev–Trinajstić information content (AvgIpc) is 2.95. The molecule has 0 unspecified atom stereocenters. The first-order valence-corrected chi connectivity index (χ1v) is 5.05. The molecule has 0 amide bonds. The van der Waals surface area contributed by atoms with Crippen molar-refractivity contribution >= 4 is 11.3 Å². The quantitative estimate of drug-likeness (QED) is 0.796. The lowest BCUT2D eigenvalue weighted by atomic mass is 10.2. The number of hydrogen-bond donors (Lipinski definition) is 2. The molecule has 0 radical (unpaired) electrons. The summed E-state index contributed by atoms with van der Waals surface area (Å²) in [7, 11) is 0. The summed E-state index contributed by atoms with van der Waals surface area (Å²) in [5.41, 5.74) is 0.530. The highest BCUT2D eigenvalue weighted by Crippen LogP contribution is 2.15. The van der Waals surface area contributed by atoms with Gasteiger partial charge in [0.05, 0.1) is 5.56 Å². The molecule has 0 bridgehead atoms. The second kappa shape index (κ2) is 5.38. The average molecular weight is 255 g/mol. The Bertz CT molecular complexity index is 691. The fourth-order valence-corrected chi connectivity index (χ4v) is 1.28. The van der Waals surface area contributed by atoms with Crippen LogP contribution in [0.25, 0.3) is 5.57 Å². The molecule has 8 heteroatoms. The van der Waals surface area contributed by atoms with Gasteiger partial charge in [0.1, 0.15) is 23.5 Å². The summed E-state index contributed by atoms with van der Waals surface area (Å²) in [6.07, 6.45) is 1.35. The van der Waals surface area contributed by atoms with Crippen LogP contribution in [0, 0.1) is 28.5 Å². The van der Waals surface area contributed by atoms with Crippen LogP contribution in [0.15, 0.2) is 24.4 Å². The van der Waals surface area contributed by atoms with Gasteiger partial charge >= 0.3 is 0 Å². The zero-order valence-electron chi connectivity index (χ0n) is 9.42. The summed E-state index contributed by atoms with van der Waals surface area (Å²) < 4.78 is 13.1. The summed E-state index contributed by atoms with van der Waals surface area (Å²) in [6.45, 7) is 0. The van der Waals surface area contributed by atoms with Crippen LogP contribution in [0.5, 0.6) is 0 Å². The third-order valence-electron chi connectivity index (χ3n) is 2.18. The molecule has 0 aliphatic heterocycles. The number of aromatic amines is 1. The molecule has 7 nitrogen and oxygen atoms in total. The number of allylic oxidation sites excluding steroid dienone is 1. The van der Waals surface area contributed by atoms with E-state index >= 15 is 0 Å². The molecule has 2 aromatic rings. The van der Waals surface area contributed by atoms with Gasteiger partial charge in [-0.05, 0) is 23.4 Å². The number of benzene rings is 1. The molecule has 0 aliphatic rings. The van der Waals surface area contributed by atoms with Crippen LogP contribution >= 0.6 is 0 Å². The number of aromatic nitrogens is 4. The standard InChI is InChI=1S/C11H6FN7/c12-10-2-1-9(3-7(10)4-13)15-6-8(5-14)11-16-18-19-17-11/h1-3,6,15H,(H,16,17,18,19). The minimum absolute atomic E-state index is 0.0866. The summed E-state index contributed by atoms with van der Waals surface area (Å²) in [5, 5.41) is 33.3. The number of tetrazole rings is 1. The second-order valence-electron chi connectivity index (χ2n) is 3.36. The Balaban J connectivity index is 2.23. The molecule has 2 rings (SSSR count). The highest BCUT2D eigenvalue weighted by atomic mass is 19.1. The Hall–Kier alpha value is -3.26. The first kappa shape index (κ1) is 12.2. The van der Waals surface area contributed by atoms with Crippen molar-refractivity contribution in [2.24, 2.45) is 0 Å². The molecule has 92 valence electrons. The minimum atomic E-state index is -0.601. The number of H-pyrrole nitrogens is 1. The molecule has 0 fully saturated rings. The Labute approximate surface area is 107 Å². The van der Waals surface area contributed by atoms with Crippen LogP contribution in [0.2, 0.25) is 0 Å². The summed E-state index contributed by atoms with van der Waals surface area (Å²) in [6, 6.07) is 7.55. The van der Waals surface area contributed by atoms with Gasteiger partial charge in [-0.25, -0.2) is 4.39 Å². The summed E-state index contributed by atoms with van der Waals surface area (Å²) >= 11 is 0. The third-order valence-corrected chi connectivity index (χ3v) is 2.18. The van der Waals surface area contributed by atoms with Crippen LogP contribution in [-0.4, -0.2) is 20.6 Å². The van der Waals surface area contributed by atoms with Crippen LogP contribution < -0.4 is 5.32 Å². The predicted octanol–water partition coefficient (Wildman–Crippen LogP) is 1.19. The number of nitrogens with one attached hydrogen (secondary N) is 2. The maximum Gasteiger partial charge on any atom is 0.216 e. The highest BCUT2D eigenvalue weighted by molar-refractivity contribution is 5.74. The topological polar surface area (TPSA) is 114 Å². The minimum Gasteiger partial charge on any atom is -0.360 e. The van der Waals surface area contributed by atoms with E-state index in [1.807, 2.05) is 6.07 Å². The number of anilines is 1. The van der Waals surface area contributed by atoms with Gasteiger partial charge in [-0.1, -0.05) is 0 Å². The van der Waals surface area contributed by atoms with Crippen molar-refractivity contribution in [1.82, 2.24) is 20.6 Å². The van der Waals surface area contributed by atoms with Crippen molar-refractivity contribution < 1.29 is 4.39 Å².